The lowest BCUT2D eigenvalue weighted by atomic mass is 10.1. The monoisotopic (exact) mass is 338 g/mol. The molecule has 0 unspecified atom stereocenters. The van der Waals surface area contributed by atoms with Gasteiger partial charge in [0.1, 0.15) is 5.01 Å². The Morgan fingerprint density at radius 1 is 1.36 bits per heavy atom. The highest BCUT2D eigenvalue weighted by Gasteiger charge is 2.10. The minimum Gasteiger partial charge on any atom is -0.476 e. The van der Waals surface area contributed by atoms with Crippen LogP contribution in [0.3, 0.4) is 0 Å². The van der Waals surface area contributed by atoms with Gasteiger partial charge in [-0.2, -0.15) is 0 Å². The van der Waals surface area contributed by atoms with E-state index in [1.165, 1.54) is 32.0 Å². The van der Waals surface area contributed by atoms with E-state index in [4.69, 9.17) is 5.11 Å². The van der Waals surface area contributed by atoms with Gasteiger partial charge in [0.2, 0.25) is 5.91 Å². The van der Waals surface area contributed by atoms with Crippen molar-refractivity contribution in [2.24, 2.45) is 0 Å². The number of thiophene rings is 1. The molecule has 0 fully saturated rings. The van der Waals surface area contributed by atoms with Gasteiger partial charge in [0.05, 0.1) is 6.54 Å². The number of rotatable bonds is 7. The van der Waals surface area contributed by atoms with Crippen LogP contribution in [0.1, 0.15) is 43.7 Å². The number of hydrogen-bond acceptors (Lipinski definition) is 5. The Morgan fingerprint density at radius 3 is 2.73 bits per heavy atom. The Morgan fingerprint density at radius 2 is 2.14 bits per heavy atom. The number of nitrogens with zero attached hydrogens (tertiary/aromatic N) is 1. The molecule has 2 N–H and O–H groups in total. The zero-order chi connectivity index (χ0) is 16.1. The van der Waals surface area contributed by atoms with Gasteiger partial charge in [0.25, 0.3) is 0 Å². The van der Waals surface area contributed by atoms with Gasteiger partial charge in [-0.05, 0) is 38.3 Å². The van der Waals surface area contributed by atoms with Gasteiger partial charge in [-0.3, -0.25) is 4.79 Å². The summed E-state index contributed by atoms with van der Waals surface area (Å²) in [7, 11) is 0. The first-order valence-electron chi connectivity index (χ1n) is 6.96. The molecule has 2 rings (SSSR count). The molecule has 0 aliphatic carbocycles. The molecule has 1 amide bonds. The van der Waals surface area contributed by atoms with E-state index in [2.05, 4.69) is 30.2 Å². The molecule has 2 heterocycles. The van der Waals surface area contributed by atoms with Crippen molar-refractivity contribution in [2.45, 2.75) is 39.7 Å². The summed E-state index contributed by atoms with van der Waals surface area (Å²) in [6.07, 6.45) is 2.18. The van der Waals surface area contributed by atoms with Crippen LogP contribution >= 0.6 is 22.7 Å². The van der Waals surface area contributed by atoms with Gasteiger partial charge in [0.15, 0.2) is 5.69 Å². The highest BCUT2D eigenvalue weighted by molar-refractivity contribution is 7.12. The van der Waals surface area contributed by atoms with Crippen LogP contribution < -0.4 is 5.32 Å². The summed E-state index contributed by atoms with van der Waals surface area (Å²) >= 11 is 3.02. The number of carboxylic acid groups (broad SMARTS) is 1. The number of carbonyl (C=O) groups excluding carboxylic acids is 1. The van der Waals surface area contributed by atoms with Crippen LogP contribution in [0.15, 0.2) is 11.4 Å². The maximum atomic E-state index is 11.8. The summed E-state index contributed by atoms with van der Waals surface area (Å²) in [6.45, 7) is 4.48. The van der Waals surface area contributed by atoms with Crippen LogP contribution in [0.5, 0.6) is 0 Å². The second kappa shape index (κ2) is 7.51. The molecule has 0 bridgehead atoms. The fraction of sp³-hybridized carbons (Fsp3) is 0.400. The van der Waals surface area contributed by atoms with Crippen molar-refractivity contribution in [1.29, 1.82) is 0 Å². The Labute approximate surface area is 137 Å². The number of aromatic carboxylic acids is 1. The van der Waals surface area contributed by atoms with Gasteiger partial charge in [-0.1, -0.05) is 0 Å². The molecule has 0 atom stereocenters. The zero-order valence-corrected chi connectivity index (χ0v) is 14.1. The van der Waals surface area contributed by atoms with Crippen LogP contribution in [0.25, 0.3) is 0 Å². The summed E-state index contributed by atoms with van der Waals surface area (Å²) in [5, 5.41) is 13.6. The van der Waals surface area contributed by atoms with E-state index in [0.717, 1.165) is 12.8 Å². The van der Waals surface area contributed by atoms with E-state index >= 15 is 0 Å². The molecule has 0 aromatic carbocycles. The van der Waals surface area contributed by atoms with Crippen molar-refractivity contribution in [3.05, 3.63) is 37.5 Å². The molecule has 118 valence electrons. The third-order valence-corrected chi connectivity index (χ3v) is 5.06. The zero-order valence-electron chi connectivity index (χ0n) is 12.5. The number of hydrogen-bond donors (Lipinski definition) is 2. The Hall–Kier alpha value is -1.73. The molecule has 0 spiro atoms. The predicted octanol–water partition coefficient (Wildman–Crippen LogP) is 3.16. The minimum atomic E-state index is -1.05. The van der Waals surface area contributed by atoms with Crippen LogP contribution in [-0.4, -0.2) is 22.0 Å². The smallest absolute Gasteiger partial charge is 0.355 e. The van der Waals surface area contributed by atoms with E-state index < -0.39 is 5.97 Å². The molecule has 0 saturated carbocycles. The first-order chi connectivity index (χ1) is 10.5. The van der Waals surface area contributed by atoms with Crippen LogP contribution in [-0.2, 0) is 17.8 Å². The number of aromatic nitrogens is 1. The SMILES string of the molecule is Cc1cc(CCCC(=O)NCc2nc(C(=O)O)cs2)c(C)s1. The highest BCUT2D eigenvalue weighted by atomic mass is 32.1. The number of carbonyl (C=O) groups is 2. The average Bonchev–Trinajstić information content (AvgIpc) is 3.04. The quantitative estimate of drug-likeness (QED) is 0.813. The fourth-order valence-electron chi connectivity index (χ4n) is 2.12. The van der Waals surface area contributed by atoms with Crippen molar-refractivity contribution in [2.75, 3.05) is 0 Å². The largest absolute Gasteiger partial charge is 0.476 e. The fourth-order valence-corrected chi connectivity index (χ4v) is 3.81. The molecule has 0 aliphatic heterocycles. The lowest BCUT2D eigenvalue weighted by molar-refractivity contribution is -0.121. The van der Waals surface area contributed by atoms with Crippen molar-refractivity contribution in [1.82, 2.24) is 10.3 Å². The lowest BCUT2D eigenvalue weighted by Crippen LogP contribution is -2.22. The van der Waals surface area contributed by atoms with Gasteiger partial charge < -0.3 is 10.4 Å². The number of carboxylic acids is 1. The summed E-state index contributed by atoms with van der Waals surface area (Å²) in [5.41, 5.74) is 1.35. The number of aryl methyl sites for hydroxylation is 3. The second-order valence-electron chi connectivity index (χ2n) is 5.00. The molecule has 5 nitrogen and oxygen atoms in total. The summed E-state index contributed by atoms with van der Waals surface area (Å²) in [4.78, 5) is 29.1. The summed E-state index contributed by atoms with van der Waals surface area (Å²) in [5.74, 6) is -1.08. The van der Waals surface area contributed by atoms with E-state index in [0.29, 0.717) is 11.4 Å². The molecular formula is C15H18N2O3S2. The molecule has 0 aliphatic rings. The van der Waals surface area contributed by atoms with E-state index in [9.17, 15) is 9.59 Å². The van der Waals surface area contributed by atoms with Gasteiger partial charge in [-0.15, -0.1) is 22.7 Å². The lowest BCUT2D eigenvalue weighted by Gasteiger charge is -2.03. The minimum absolute atomic E-state index is 0.0255. The number of nitrogens with one attached hydrogen (secondary N) is 1. The van der Waals surface area contributed by atoms with Crippen molar-refractivity contribution >= 4 is 34.6 Å². The maximum Gasteiger partial charge on any atom is 0.355 e. The second-order valence-corrected chi connectivity index (χ2v) is 7.40. The third kappa shape index (κ3) is 4.64. The molecule has 0 saturated heterocycles. The van der Waals surface area contributed by atoms with Gasteiger partial charge >= 0.3 is 5.97 Å². The van der Waals surface area contributed by atoms with E-state index in [1.807, 2.05) is 0 Å². The van der Waals surface area contributed by atoms with Gasteiger partial charge in [-0.25, -0.2) is 9.78 Å². The van der Waals surface area contributed by atoms with Gasteiger partial charge in [0, 0.05) is 21.6 Å². The number of thiazole rings is 1. The van der Waals surface area contributed by atoms with Crippen LogP contribution in [0.4, 0.5) is 0 Å². The van der Waals surface area contributed by atoms with E-state index in [1.54, 1.807) is 11.3 Å². The van der Waals surface area contributed by atoms with Crippen LogP contribution in [0, 0.1) is 13.8 Å². The molecule has 2 aromatic heterocycles. The molecule has 0 radical (unpaired) electrons. The normalized spacial score (nSPS) is 10.6. The van der Waals surface area contributed by atoms with E-state index in [-0.39, 0.29) is 18.1 Å². The first-order valence-corrected chi connectivity index (χ1v) is 8.65. The molecule has 22 heavy (non-hydrogen) atoms. The molecular weight excluding hydrogens is 320 g/mol. The average molecular weight is 338 g/mol. The summed E-state index contributed by atoms with van der Waals surface area (Å²) in [6, 6.07) is 2.18. The first kappa shape index (κ1) is 16.6. The number of amides is 1. The summed E-state index contributed by atoms with van der Waals surface area (Å²) < 4.78 is 0. The van der Waals surface area contributed by atoms with Crippen molar-refractivity contribution in [3.8, 4) is 0 Å². The maximum absolute atomic E-state index is 11.8. The van der Waals surface area contributed by atoms with Crippen molar-refractivity contribution < 1.29 is 14.7 Å². The predicted molar refractivity (Wildman–Crippen MR) is 87.7 cm³/mol. The van der Waals surface area contributed by atoms with Crippen molar-refractivity contribution in [3.63, 3.8) is 0 Å². The van der Waals surface area contributed by atoms with Crippen LogP contribution in [0.2, 0.25) is 0 Å². The molecule has 7 heteroatoms. The third-order valence-electron chi connectivity index (χ3n) is 3.20. The molecule has 2 aromatic rings. The Kier molecular flexibility index (Phi) is 5.68. The Balaban J connectivity index is 1.71. The Bertz CT molecular complexity index is 676. The highest BCUT2D eigenvalue weighted by Crippen LogP contribution is 2.22. The topological polar surface area (TPSA) is 79.3 Å². The standard InChI is InChI=1S/C15H18N2O3S2/c1-9-6-11(10(2)22-9)4-3-5-13(18)16-7-14-17-12(8-21-14)15(19)20/h6,8H,3-5,7H2,1-2H3,(H,16,18)(H,19,20).